The van der Waals surface area contributed by atoms with Gasteiger partial charge in [-0.2, -0.15) is 0 Å². The highest BCUT2D eigenvalue weighted by molar-refractivity contribution is 7.99. The molecule has 2 N–H and O–H groups in total. The van der Waals surface area contributed by atoms with Crippen LogP contribution in [-0.4, -0.2) is 42.5 Å². The maximum Gasteiger partial charge on any atom is 0.251 e. The number of rotatable bonds is 8. The summed E-state index contributed by atoms with van der Waals surface area (Å²) in [6, 6.07) is 14.5. The van der Waals surface area contributed by atoms with Crippen LogP contribution in [0.15, 0.2) is 53.7 Å². The van der Waals surface area contributed by atoms with Crippen molar-refractivity contribution in [2.75, 3.05) is 11.1 Å². The number of amides is 2. The summed E-state index contributed by atoms with van der Waals surface area (Å²) in [6.45, 7) is 3.89. The van der Waals surface area contributed by atoms with Crippen molar-refractivity contribution in [3.63, 3.8) is 0 Å². The molecule has 0 aliphatic carbocycles. The predicted molar refractivity (Wildman–Crippen MR) is 133 cm³/mol. The van der Waals surface area contributed by atoms with Crippen LogP contribution in [0, 0.1) is 13.8 Å². The van der Waals surface area contributed by atoms with E-state index >= 15 is 0 Å². The van der Waals surface area contributed by atoms with Crippen molar-refractivity contribution in [2.24, 2.45) is 0 Å². The second kappa shape index (κ2) is 10.8. The fourth-order valence-corrected chi connectivity index (χ4v) is 4.63. The molecule has 0 fully saturated rings. The summed E-state index contributed by atoms with van der Waals surface area (Å²) in [4.78, 5) is 25.0. The van der Waals surface area contributed by atoms with E-state index in [1.54, 1.807) is 22.8 Å². The van der Waals surface area contributed by atoms with Gasteiger partial charge in [0.05, 0.1) is 18.0 Å². The predicted octanol–water partition coefficient (Wildman–Crippen LogP) is 4.05. The van der Waals surface area contributed by atoms with Gasteiger partial charge in [-0.3, -0.25) is 19.5 Å². The normalized spacial score (nSPS) is 10.8. The van der Waals surface area contributed by atoms with Crippen LogP contribution in [0.4, 0.5) is 5.13 Å². The summed E-state index contributed by atoms with van der Waals surface area (Å²) in [5.41, 5.74) is 2.28. The zero-order chi connectivity index (χ0) is 24.1. The Kier molecular flexibility index (Phi) is 7.56. The quantitative estimate of drug-likeness (QED) is 0.341. The molecule has 4 aromatic rings. The largest absolute Gasteiger partial charge is 0.345 e. The molecule has 2 aromatic heterocycles. The standard InChI is InChI=1S/C22H20ClN7O2S2/c1-13-5-3-6-15(9-13)20(32)24-11-18-27-29-22(30(18)17-8-4-7-16(23)10-17)33-12-19(31)25-21-28-26-14(2)34-21/h3-10H,11-12H2,1-2H3,(H,24,32)(H,25,28,31). The lowest BCUT2D eigenvalue weighted by Crippen LogP contribution is -2.24. The van der Waals surface area contributed by atoms with Crippen LogP contribution in [0.25, 0.3) is 5.69 Å². The Morgan fingerprint density at radius 2 is 1.88 bits per heavy atom. The molecule has 4 rings (SSSR count). The van der Waals surface area contributed by atoms with E-state index in [9.17, 15) is 9.59 Å². The molecule has 0 aliphatic rings. The molecule has 12 heteroatoms. The van der Waals surface area contributed by atoms with E-state index in [4.69, 9.17) is 11.6 Å². The molecular weight excluding hydrogens is 494 g/mol. The molecule has 0 aliphatic heterocycles. The van der Waals surface area contributed by atoms with E-state index in [0.29, 0.717) is 26.7 Å². The lowest BCUT2D eigenvalue weighted by atomic mass is 10.1. The van der Waals surface area contributed by atoms with Gasteiger partial charge in [0.2, 0.25) is 11.0 Å². The number of thioether (sulfide) groups is 1. The van der Waals surface area contributed by atoms with E-state index in [2.05, 4.69) is 31.0 Å². The first-order valence-electron chi connectivity index (χ1n) is 10.2. The zero-order valence-electron chi connectivity index (χ0n) is 18.3. The molecular formula is C22H20ClN7O2S2. The van der Waals surface area contributed by atoms with Crippen molar-refractivity contribution >= 4 is 51.6 Å². The lowest BCUT2D eigenvalue weighted by Gasteiger charge is -2.11. The minimum atomic E-state index is -0.240. The zero-order valence-corrected chi connectivity index (χ0v) is 20.7. The minimum absolute atomic E-state index is 0.0903. The van der Waals surface area contributed by atoms with E-state index in [0.717, 1.165) is 16.3 Å². The number of aryl methyl sites for hydroxylation is 2. The van der Waals surface area contributed by atoms with Gasteiger partial charge in [0, 0.05) is 10.6 Å². The lowest BCUT2D eigenvalue weighted by molar-refractivity contribution is -0.113. The van der Waals surface area contributed by atoms with Crippen molar-refractivity contribution in [2.45, 2.75) is 25.5 Å². The van der Waals surface area contributed by atoms with Crippen LogP contribution in [0.5, 0.6) is 0 Å². The van der Waals surface area contributed by atoms with E-state index in [-0.39, 0.29) is 24.1 Å². The SMILES string of the molecule is Cc1cccc(C(=O)NCc2nnc(SCC(=O)Nc3nnc(C)s3)n2-c2cccc(Cl)c2)c1. The topological polar surface area (TPSA) is 115 Å². The number of hydrogen-bond donors (Lipinski definition) is 2. The van der Waals surface area contributed by atoms with Crippen LogP contribution >= 0.6 is 34.7 Å². The maximum absolute atomic E-state index is 12.6. The third-order valence-corrected chi connectivity index (χ3v) is 6.48. The Labute approximate surface area is 209 Å². The van der Waals surface area contributed by atoms with Crippen LogP contribution in [0.2, 0.25) is 5.02 Å². The van der Waals surface area contributed by atoms with E-state index < -0.39 is 0 Å². The summed E-state index contributed by atoms with van der Waals surface area (Å²) in [5, 5.41) is 24.1. The molecule has 0 spiro atoms. The first kappa shape index (κ1) is 23.9. The molecule has 0 unspecified atom stereocenters. The number of anilines is 1. The van der Waals surface area contributed by atoms with Gasteiger partial charge in [-0.1, -0.05) is 58.5 Å². The Balaban J connectivity index is 1.51. The Morgan fingerprint density at radius 1 is 1.06 bits per heavy atom. The number of nitrogens with one attached hydrogen (secondary N) is 2. The van der Waals surface area contributed by atoms with Gasteiger partial charge >= 0.3 is 0 Å². The van der Waals surface area contributed by atoms with Crippen LogP contribution < -0.4 is 10.6 Å². The highest BCUT2D eigenvalue weighted by Crippen LogP contribution is 2.24. The van der Waals surface area contributed by atoms with Crippen LogP contribution in [0.1, 0.15) is 26.8 Å². The number of hydrogen-bond acceptors (Lipinski definition) is 8. The first-order chi connectivity index (χ1) is 16.4. The maximum atomic E-state index is 12.6. The Bertz CT molecular complexity index is 1340. The third-order valence-electron chi connectivity index (χ3n) is 4.56. The van der Waals surface area contributed by atoms with Gasteiger partial charge in [0.25, 0.3) is 5.91 Å². The van der Waals surface area contributed by atoms with Gasteiger partial charge in [-0.05, 0) is 44.2 Å². The molecule has 0 saturated carbocycles. The van der Waals surface area contributed by atoms with E-state index in [1.807, 2.05) is 44.2 Å². The number of nitrogens with zero attached hydrogens (tertiary/aromatic N) is 5. The summed E-state index contributed by atoms with van der Waals surface area (Å²) in [6.07, 6.45) is 0. The van der Waals surface area contributed by atoms with Crippen LogP contribution in [0.3, 0.4) is 0 Å². The fourth-order valence-electron chi connectivity index (χ4n) is 3.06. The number of aromatic nitrogens is 5. The van der Waals surface area contributed by atoms with E-state index in [1.165, 1.54) is 23.1 Å². The monoisotopic (exact) mass is 513 g/mol. The van der Waals surface area contributed by atoms with Crippen molar-refractivity contribution in [1.82, 2.24) is 30.3 Å². The average molecular weight is 514 g/mol. The molecule has 2 heterocycles. The van der Waals surface area contributed by atoms with Gasteiger partial charge < -0.3 is 5.32 Å². The minimum Gasteiger partial charge on any atom is -0.345 e. The Hall–Kier alpha value is -3.28. The molecule has 0 radical (unpaired) electrons. The molecule has 174 valence electrons. The summed E-state index contributed by atoms with van der Waals surface area (Å²) >= 11 is 8.72. The number of halogens is 1. The fraction of sp³-hybridized carbons (Fsp3) is 0.182. The Morgan fingerprint density at radius 3 is 2.62 bits per heavy atom. The molecule has 0 atom stereocenters. The van der Waals surface area contributed by atoms with Gasteiger partial charge in [0.1, 0.15) is 5.01 Å². The molecule has 9 nitrogen and oxygen atoms in total. The van der Waals surface area contributed by atoms with Crippen molar-refractivity contribution in [1.29, 1.82) is 0 Å². The second-order valence-corrected chi connectivity index (χ2v) is 9.79. The molecule has 2 amide bonds. The van der Waals surface area contributed by atoms with Gasteiger partial charge in [0.15, 0.2) is 11.0 Å². The second-order valence-electron chi connectivity index (χ2n) is 7.23. The first-order valence-corrected chi connectivity index (χ1v) is 12.3. The third kappa shape index (κ3) is 5.99. The average Bonchev–Trinajstić information content (AvgIpc) is 3.41. The summed E-state index contributed by atoms with van der Waals surface area (Å²) in [5.74, 6) is 0.139. The smallest absolute Gasteiger partial charge is 0.251 e. The van der Waals surface area contributed by atoms with Gasteiger partial charge in [-0.25, -0.2) is 0 Å². The molecule has 0 bridgehead atoms. The number of carbonyl (C=O) groups is 2. The number of carbonyl (C=O) groups excluding carboxylic acids is 2. The van der Waals surface area contributed by atoms with Crippen molar-refractivity contribution < 1.29 is 9.59 Å². The number of benzene rings is 2. The van der Waals surface area contributed by atoms with Crippen molar-refractivity contribution in [3.8, 4) is 5.69 Å². The highest BCUT2D eigenvalue weighted by atomic mass is 35.5. The molecule has 0 saturated heterocycles. The summed E-state index contributed by atoms with van der Waals surface area (Å²) < 4.78 is 1.77. The van der Waals surface area contributed by atoms with Crippen LogP contribution in [-0.2, 0) is 11.3 Å². The molecule has 2 aromatic carbocycles. The molecule has 34 heavy (non-hydrogen) atoms. The summed E-state index contributed by atoms with van der Waals surface area (Å²) in [7, 11) is 0. The highest BCUT2D eigenvalue weighted by Gasteiger charge is 2.18. The van der Waals surface area contributed by atoms with Crippen molar-refractivity contribution in [3.05, 3.63) is 75.5 Å². The van der Waals surface area contributed by atoms with Gasteiger partial charge in [-0.15, -0.1) is 20.4 Å².